The predicted molar refractivity (Wildman–Crippen MR) is 63.7 cm³/mol. The van der Waals surface area contributed by atoms with Gasteiger partial charge in [0.1, 0.15) is 11.6 Å². The first-order chi connectivity index (χ1) is 8.09. The summed E-state index contributed by atoms with van der Waals surface area (Å²) in [6.45, 7) is 6.40. The average molecular weight is 243 g/mol. The second-order valence-electron chi connectivity index (χ2n) is 4.38. The van der Waals surface area contributed by atoms with Crippen LogP contribution in [0.15, 0.2) is 18.2 Å². The molecule has 0 saturated heterocycles. The smallest absolute Gasteiger partial charge is 0.127 e. The van der Waals surface area contributed by atoms with Crippen molar-refractivity contribution in [1.29, 1.82) is 0 Å². The van der Waals surface area contributed by atoms with Crippen LogP contribution in [0.1, 0.15) is 19.4 Å². The normalized spacial score (nSPS) is 11.1. The second-order valence-corrected chi connectivity index (χ2v) is 4.38. The van der Waals surface area contributed by atoms with Crippen molar-refractivity contribution >= 4 is 0 Å². The van der Waals surface area contributed by atoms with E-state index in [2.05, 4.69) is 19.2 Å². The SMILES string of the molecule is CC(C)COCCNCc1cc(F)ccc1F. The molecule has 0 bridgehead atoms. The van der Waals surface area contributed by atoms with E-state index < -0.39 is 5.82 Å². The van der Waals surface area contributed by atoms with Crippen molar-refractivity contribution in [3.8, 4) is 0 Å². The van der Waals surface area contributed by atoms with Crippen molar-refractivity contribution in [3.63, 3.8) is 0 Å². The van der Waals surface area contributed by atoms with E-state index in [1.165, 1.54) is 6.07 Å². The summed E-state index contributed by atoms with van der Waals surface area (Å²) in [6, 6.07) is 3.46. The summed E-state index contributed by atoms with van der Waals surface area (Å²) < 4.78 is 31.4. The predicted octanol–water partition coefficient (Wildman–Crippen LogP) is 2.73. The maximum absolute atomic E-state index is 13.2. The van der Waals surface area contributed by atoms with Crippen molar-refractivity contribution in [1.82, 2.24) is 5.32 Å². The van der Waals surface area contributed by atoms with Crippen molar-refractivity contribution in [2.75, 3.05) is 19.8 Å². The maximum atomic E-state index is 13.2. The van der Waals surface area contributed by atoms with E-state index in [1.54, 1.807) is 0 Å². The lowest BCUT2D eigenvalue weighted by Crippen LogP contribution is -2.20. The maximum Gasteiger partial charge on any atom is 0.127 e. The number of hydrogen-bond acceptors (Lipinski definition) is 2. The van der Waals surface area contributed by atoms with Gasteiger partial charge in [0.05, 0.1) is 6.61 Å². The number of hydrogen-bond donors (Lipinski definition) is 1. The molecule has 0 saturated carbocycles. The third kappa shape index (κ3) is 5.75. The van der Waals surface area contributed by atoms with E-state index in [0.717, 1.165) is 18.7 Å². The first-order valence-electron chi connectivity index (χ1n) is 5.82. The molecule has 0 atom stereocenters. The highest BCUT2D eigenvalue weighted by atomic mass is 19.1. The lowest BCUT2D eigenvalue weighted by Gasteiger charge is -2.08. The molecule has 0 aliphatic heterocycles. The fraction of sp³-hybridized carbons (Fsp3) is 0.538. The fourth-order valence-electron chi connectivity index (χ4n) is 1.37. The summed E-state index contributed by atoms with van der Waals surface area (Å²) in [5.41, 5.74) is 0.342. The van der Waals surface area contributed by atoms with Gasteiger partial charge in [-0.1, -0.05) is 13.8 Å². The molecule has 4 heteroatoms. The minimum absolute atomic E-state index is 0.314. The molecule has 17 heavy (non-hydrogen) atoms. The molecular formula is C13H19F2NO. The molecule has 0 aromatic heterocycles. The van der Waals surface area contributed by atoms with Gasteiger partial charge in [-0.15, -0.1) is 0 Å². The number of halogens is 2. The van der Waals surface area contributed by atoms with Gasteiger partial charge in [-0.25, -0.2) is 8.78 Å². The Morgan fingerprint density at radius 1 is 1.29 bits per heavy atom. The monoisotopic (exact) mass is 243 g/mol. The first-order valence-corrected chi connectivity index (χ1v) is 5.82. The van der Waals surface area contributed by atoms with E-state index in [9.17, 15) is 8.78 Å². The van der Waals surface area contributed by atoms with Gasteiger partial charge in [-0.2, -0.15) is 0 Å². The van der Waals surface area contributed by atoms with Crippen molar-refractivity contribution < 1.29 is 13.5 Å². The molecule has 1 aromatic carbocycles. The van der Waals surface area contributed by atoms with Crippen LogP contribution in [0, 0.1) is 17.6 Å². The summed E-state index contributed by atoms with van der Waals surface area (Å²) in [4.78, 5) is 0. The number of ether oxygens (including phenoxy) is 1. The van der Waals surface area contributed by atoms with E-state index in [0.29, 0.717) is 31.2 Å². The molecule has 0 aliphatic carbocycles. The third-order valence-corrected chi connectivity index (χ3v) is 2.20. The highest BCUT2D eigenvalue weighted by molar-refractivity contribution is 5.18. The number of rotatable bonds is 7. The Morgan fingerprint density at radius 2 is 2.06 bits per heavy atom. The Hall–Kier alpha value is -1.00. The Bertz CT molecular complexity index is 342. The van der Waals surface area contributed by atoms with Crippen LogP contribution in [0.4, 0.5) is 8.78 Å². The lowest BCUT2D eigenvalue weighted by atomic mass is 10.2. The minimum Gasteiger partial charge on any atom is -0.380 e. The molecule has 0 aliphatic rings. The molecule has 0 heterocycles. The van der Waals surface area contributed by atoms with E-state index >= 15 is 0 Å². The molecule has 0 spiro atoms. The van der Waals surface area contributed by atoms with Crippen LogP contribution < -0.4 is 5.32 Å². The van der Waals surface area contributed by atoms with Crippen LogP contribution >= 0.6 is 0 Å². The summed E-state index contributed by atoms with van der Waals surface area (Å²) in [7, 11) is 0. The van der Waals surface area contributed by atoms with Gasteiger partial charge >= 0.3 is 0 Å². The first kappa shape index (κ1) is 14.1. The zero-order valence-electron chi connectivity index (χ0n) is 10.3. The van der Waals surface area contributed by atoms with Crippen LogP contribution in [0.25, 0.3) is 0 Å². The van der Waals surface area contributed by atoms with E-state index in [4.69, 9.17) is 4.74 Å². The quantitative estimate of drug-likeness (QED) is 0.743. The van der Waals surface area contributed by atoms with Crippen molar-refractivity contribution in [3.05, 3.63) is 35.4 Å². The Kier molecular flexibility index (Phi) is 6.08. The Morgan fingerprint density at radius 3 is 2.76 bits per heavy atom. The molecule has 0 unspecified atom stereocenters. The van der Waals surface area contributed by atoms with Gasteiger partial charge in [-0.05, 0) is 24.1 Å². The molecule has 96 valence electrons. The van der Waals surface area contributed by atoms with E-state index in [-0.39, 0.29) is 5.82 Å². The molecule has 1 rings (SSSR count). The molecular weight excluding hydrogens is 224 g/mol. The summed E-state index contributed by atoms with van der Waals surface area (Å²) in [6.07, 6.45) is 0. The minimum atomic E-state index is -0.417. The van der Waals surface area contributed by atoms with Crippen LogP contribution in [0.2, 0.25) is 0 Å². The Balaban J connectivity index is 2.20. The van der Waals surface area contributed by atoms with Crippen LogP contribution in [-0.2, 0) is 11.3 Å². The molecule has 0 radical (unpaired) electrons. The van der Waals surface area contributed by atoms with Crippen LogP contribution in [0.5, 0.6) is 0 Å². The van der Waals surface area contributed by atoms with Gasteiger partial charge < -0.3 is 10.1 Å². The van der Waals surface area contributed by atoms with Gasteiger partial charge in [-0.3, -0.25) is 0 Å². The topological polar surface area (TPSA) is 21.3 Å². The fourth-order valence-corrected chi connectivity index (χ4v) is 1.37. The second kappa shape index (κ2) is 7.35. The zero-order chi connectivity index (χ0) is 12.7. The molecule has 0 fully saturated rings. The average Bonchev–Trinajstić information content (AvgIpc) is 2.27. The standard InChI is InChI=1S/C13H19F2NO/c1-10(2)9-17-6-5-16-8-11-7-12(14)3-4-13(11)15/h3-4,7,10,16H,5-6,8-9H2,1-2H3. The molecule has 1 aromatic rings. The lowest BCUT2D eigenvalue weighted by molar-refractivity contribution is 0.111. The van der Waals surface area contributed by atoms with Crippen LogP contribution in [-0.4, -0.2) is 19.8 Å². The summed E-state index contributed by atoms with van der Waals surface area (Å²) in [5.74, 6) is -0.295. The Labute approximate surface area is 101 Å². The van der Waals surface area contributed by atoms with Crippen molar-refractivity contribution in [2.24, 2.45) is 5.92 Å². The van der Waals surface area contributed by atoms with Gasteiger partial charge in [0.25, 0.3) is 0 Å². The molecule has 1 N–H and O–H groups in total. The van der Waals surface area contributed by atoms with Crippen molar-refractivity contribution in [2.45, 2.75) is 20.4 Å². The third-order valence-electron chi connectivity index (χ3n) is 2.20. The van der Waals surface area contributed by atoms with Gasteiger partial charge in [0, 0.05) is 25.3 Å². The largest absolute Gasteiger partial charge is 0.380 e. The van der Waals surface area contributed by atoms with Gasteiger partial charge in [0.2, 0.25) is 0 Å². The summed E-state index contributed by atoms with van der Waals surface area (Å²) in [5, 5.41) is 3.01. The molecule has 2 nitrogen and oxygen atoms in total. The van der Waals surface area contributed by atoms with Gasteiger partial charge in [0.15, 0.2) is 0 Å². The summed E-state index contributed by atoms with van der Waals surface area (Å²) >= 11 is 0. The highest BCUT2D eigenvalue weighted by Crippen LogP contribution is 2.08. The highest BCUT2D eigenvalue weighted by Gasteiger charge is 2.02. The van der Waals surface area contributed by atoms with E-state index in [1.807, 2.05) is 0 Å². The number of nitrogens with one attached hydrogen (secondary N) is 1. The zero-order valence-corrected chi connectivity index (χ0v) is 10.3. The van der Waals surface area contributed by atoms with Crippen LogP contribution in [0.3, 0.4) is 0 Å². The number of benzene rings is 1. The molecule has 0 amide bonds.